The number of hydrogen-bond acceptors (Lipinski definition) is 1. The Morgan fingerprint density at radius 2 is 2.33 bits per heavy atom. The second kappa shape index (κ2) is 2.54. The van der Waals surface area contributed by atoms with Gasteiger partial charge in [-0.25, -0.2) is 0 Å². The Kier molecular flexibility index (Phi) is 1.74. The second-order valence-corrected chi connectivity index (χ2v) is 2.20. The van der Waals surface area contributed by atoms with Crippen molar-refractivity contribution in [2.75, 3.05) is 0 Å². The van der Waals surface area contributed by atoms with E-state index in [0.717, 1.165) is 12.8 Å². The average Bonchev–Trinajstić information content (AvgIpc) is 1.90. The van der Waals surface area contributed by atoms with E-state index in [1.165, 1.54) is 0 Å². The van der Waals surface area contributed by atoms with Gasteiger partial charge in [-0.1, -0.05) is 0 Å². The molecule has 0 spiro atoms. The number of primary amides is 1. The molecule has 1 unspecified atom stereocenters. The molecule has 2 heteroatoms. The molecule has 1 amide bonds. The third-order valence-electron chi connectivity index (χ3n) is 1.49. The van der Waals surface area contributed by atoms with E-state index >= 15 is 0 Å². The van der Waals surface area contributed by atoms with Gasteiger partial charge in [-0.3, -0.25) is 4.79 Å². The summed E-state index contributed by atoms with van der Waals surface area (Å²) >= 11 is 0. The molecule has 0 fully saturated rings. The lowest BCUT2D eigenvalue weighted by Crippen LogP contribution is -2.23. The first-order valence-corrected chi connectivity index (χ1v) is 3.06. The van der Waals surface area contributed by atoms with E-state index in [4.69, 9.17) is 5.73 Å². The topological polar surface area (TPSA) is 43.1 Å². The third kappa shape index (κ3) is 1.46. The maximum Gasteiger partial charge on any atom is 0.221 e. The number of carbonyl (C=O) groups is 1. The molecule has 0 saturated heterocycles. The van der Waals surface area contributed by atoms with Crippen LogP contribution >= 0.6 is 0 Å². The van der Waals surface area contributed by atoms with Crippen LogP contribution in [-0.4, -0.2) is 5.91 Å². The van der Waals surface area contributed by atoms with Crippen molar-refractivity contribution in [2.45, 2.75) is 19.3 Å². The quantitative estimate of drug-likeness (QED) is 0.500. The van der Waals surface area contributed by atoms with E-state index in [1.54, 1.807) is 0 Å². The zero-order valence-corrected chi connectivity index (χ0v) is 5.18. The van der Waals surface area contributed by atoms with Crippen LogP contribution in [0.1, 0.15) is 19.3 Å². The normalized spacial score (nSPS) is 24.2. The average molecular weight is 123 g/mol. The van der Waals surface area contributed by atoms with Crippen molar-refractivity contribution in [3.8, 4) is 11.8 Å². The Balaban J connectivity index is 2.48. The van der Waals surface area contributed by atoms with Crippen LogP contribution in [0.15, 0.2) is 0 Å². The molecule has 0 heterocycles. The molecule has 2 N–H and O–H groups in total. The summed E-state index contributed by atoms with van der Waals surface area (Å²) in [5.74, 6) is 5.59. The molecule has 9 heavy (non-hydrogen) atoms. The minimum atomic E-state index is -0.205. The van der Waals surface area contributed by atoms with E-state index in [9.17, 15) is 4.79 Å². The summed E-state index contributed by atoms with van der Waals surface area (Å²) in [5.41, 5.74) is 5.06. The van der Waals surface area contributed by atoms with Crippen LogP contribution in [0.4, 0.5) is 0 Å². The summed E-state index contributed by atoms with van der Waals surface area (Å²) in [7, 11) is 0. The van der Waals surface area contributed by atoms with Crippen molar-refractivity contribution in [2.24, 2.45) is 11.7 Å². The van der Waals surface area contributed by atoms with Gasteiger partial charge in [0.15, 0.2) is 0 Å². The van der Waals surface area contributed by atoms with Crippen LogP contribution in [0.25, 0.3) is 0 Å². The number of carbonyl (C=O) groups excluding carboxylic acids is 1. The smallest absolute Gasteiger partial charge is 0.221 e. The maximum absolute atomic E-state index is 10.5. The minimum absolute atomic E-state index is 0.0197. The number of nitrogens with two attached hydrogens (primary N) is 1. The summed E-state index contributed by atoms with van der Waals surface area (Å²) in [4.78, 5) is 10.5. The Morgan fingerprint density at radius 3 is 2.67 bits per heavy atom. The van der Waals surface area contributed by atoms with Crippen molar-refractivity contribution in [3.05, 3.63) is 0 Å². The van der Waals surface area contributed by atoms with Crippen molar-refractivity contribution in [3.63, 3.8) is 0 Å². The molecule has 48 valence electrons. The van der Waals surface area contributed by atoms with Crippen LogP contribution in [0.5, 0.6) is 0 Å². The van der Waals surface area contributed by atoms with Crippen LogP contribution in [0.3, 0.4) is 0 Å². The summed E-state index contributed by atoms with van der Waals surface area (Å²) in [6.45, 7) is 0. The Labute approximate surface area is 54.4 Å². The van der Waals surface area contributed by atoms with E-state index in [2.05, 4.69) is 11.8 Å². The predicted molar refractivity (Wildman–Crippen MR) is 34.3 cm³/mol. The largest absolute Gasteiger partial charge is 0.369 e. The van der Waals surface area contributed by atoms with Gasteiger partial charge in [0.1, 0.15) is 0 Å². The lowest BCUT2D eigenvalue weighted by molar-refractivity contribution is -0.121. The highest BCUT2D eigenvalue weighted by Gasteiger charge is 2.14. The van der Waals surface area contributed by atoms with Crippen molar-refractivity contribution < 1.29 is 4.79 Å². The third-order valence-corrected chi connectivity index (χ3v) is 1.49. The molecule has 1 atom stereocenters. The molecular weight excluding hydrogens is 114 g/mol. The Bertz CT molecular complexity index is 175. The lowest BCUT2D eigenvalue weighted by Gasteiger charge is -2.09. The van der Waals surface area contributed by atoms with Crippen LogP contribution in [0.2, 0.25) is 0 Å². The van der Waals surface area contributed by atoms with Crippen molar-refractivity contribution in [1.82, 2.24) is 0 Å². The Hall–Kier alpha value is -0.970. The highest BCUT2D eigenvalue weighted by atomic mass is 16.1. The molecule has 0 radical (unpaired) electrons. The van der Waals surface area contributed by atoms with E-state index < -0.39 is 0 Å². The zero-order valence-electron chi connectivity index (χ0n) is 5.18. The maximum atomic E-state index is 10.5. The highest BCUT2D eigenvalue weighted by Crippen LogP contribution is 2.12. The predicted octanol–water partition coefficient (Wildman–Crippen LogP) is 0.275. The van der Waals surface area contributed by atoms with Crippen LogP contribution in [0, 0.1) is 17.8 Å². The molecule has 0 bridgehead atoms. The number of amides is 1. The van der Waals surface area contributed by atoms with Gasteiger partial charge in [-0.05, 0) is 6.42 Å². The van der Waals surface area contributed by atoms with Crippen LogP contribution < -0.4 is 5.73 Å². The SMILES string of the molecule is NC(=O)C1CC#CCC1. The second-order valence-electron chi connectivity index (χ2n) is 2.20. The fraction of sp³-hybridized carbons (Fsp3) is 0.571. The van der Waals surface area contributed by atoms with Gasteiger partial charge < -0.3 is 5.73 Å². The summed E-state index contributed by atoms with van der Waals surface area (Å²) < 4.78 is 0. The molecule has 1 rings (SSSR count). The van der Waals surface area contributed by atoms with E-state index in [1.807, 2.05) is 0 Å². The molecule has 1 aliphatic rings. The summed E-state index contributed by atoms with van der Waals surface area (Å²) in [5, 5.41) is 0. The molecule has 0 aromatic heterocycles. The molecule has 0 aromatic rings. The summed E-state index contributed by atoms with van der Waals surface area (Å²) in [6.07, 6.45) is 2.34. The Morgan fingerprint density at radius 1 is 1.56 bits per heavy atom. The van der Waals surface area contributed by atoms with E-state index in [-0.39, 0.29) is 11.8 Å². The fourth-order valence-electron chi connectivity index (χ4n) is 0.875. The first kappa shape index (κ1) is 6.15. The van der Waals surface area contributed by atoms with Crippen molar-refractivity contribution >= 4 is 5.91 Å². The van der Waals surface area contributed by atoms with Gasteiger partial charge in [0.2, 0.25) is 5.91 Å². The first-order valence-electron chi connectivity index (χ1n) is 3.06. The number of rotatable bonds is 1. The minimum Gasteiger partial charge on any atom is -0.369 e. The zero-order chi connectivity index (χ0) is 6.69. The van der Waals surface area contributed by atoms with Crippen LogP contribution in [-0.2, 0) is 4.79 Å². The number of hydrogen-bond donors (Lipinski definition) is 1. The molecule has 0 aliphatic heterocycles. The van der Waals surface area contributed by atoms with Crippen molar-refractivity contribution in [1.29, 1.82) is 0 Å². The molecule has 1 aliphatic carbocycles. The van der Waals surface area contributed by atoms with Gasteiger partial charge in [0.05, 0.1) is 0 Å². The molecule has 0 aromatic carbocycles. The lowest BCUT2D eigenvalue weighted by atomic mass is 9.96. The van der Waals surface area contributed by atoms with Gasteiger partial charge in [-0.2, -0.15) is 0 Å². The van der Waals surface area contributed by atoms with Gasteiger partial charge in [0, 0.05) is 18.8 Å². The molecule has 0 saturated carbocycles. The van der Waals surface area contributed by atoms with Gasteiger partial charge in [-0.15, -0.1) is 11.8 Å². The molecular formula is C7H9NO. The monoisotopic (exact) mass is 123 g/mol. The standard InChI is InChI=1S/C7H9NO/c8-7(9)6-4-2-1-3-5-6/h6H,2,4-5H2,(H2,8,9). The summed E-state index contributed by atoms with van der Waals surface area (Å²) in [6, 6.07) is 0. The van der Waals surface area contributed by atoms with Gasteiger partial charge in [0.25, 0.3) is 0 Å². The highest BCUT2D eigenvalue weighted by molar-refractivity contribution is 5.77. The fourth-order valence-corrected chi connectivity index (χ4v) is 0.875. The van der Waals surface area contributed by atoms with E-state index in [0.29, 0.717) is 6.42 Å². The first-order chi connectivity index (χ1) is 4.30. The molecule has 2 nitrogen and oxygen atoms in total. The van der Waals surface area contributed by atoms with Gasteiger partial charge >= 0.3 is 0 Å².